The lowest BCUT2D eigenvalue weighted by Crippen LogP contribution is -2.51. The average Bonchev–Trinajstić information content (AvgIpc) is 3.35. The summed E-state index contributed by atoms with van der Waals surface area (Å²) < 4.78 is 13.4. The summed E-state index contributed by atoms with van der Waals surface area (Å²) in [6, 6.07) is 5.80. The maximum atomic E-state index is 11.9. The van der Waals surface area contributed by atoms with E-state index in [0.29, 0.717) is 32.5 Å². The van der Waals surface area contributed by atoms with Crippen molar-refractivity contribution in [3.8, 4) is 0 Å². The van der Waals surface area contributed by atoms with Crippen molar-refractivity contribution < 1.29 is 19.1 Å². The standard InChI is InChI=1S/C19H25N3O4/c23-18(24)19(22-10-3-9-20-22)7-11-21(12-8-19)14-15-5-6-17(26-15)16-4-1-2-13-25-16/h3,5-6,9-10,16H,1-2,4,7-8,11-14H2,(H,23,24). The molecule has 2 aliphatic rings. The van der Waals surface area contributed by atoms with E-state index in [0.717, 1.165) is 31.0 Å². The molecular weight excluding hydrogens is 334 g/mol. The van der Waals surface area contributed by atoms with Gasteiger partial charge in [0.25, 0.3) is 0 Å². The molecule has 2 saturated heterocycles. The Morgan fingerprint density at radius 1 is 1.31 bits per heavy atom. The van der Waals surface area contributed by atoms with Crippen LogP contribution in [0.1, 0.15) is 49.7 Å². The summed E-state index contributed by atoms with van der Waals surface area (Å²) >= 11 is 0. The molecule has 2 aliphatic heterocycles. The molecule has 0 bridgehead atoms. The Hall–Kier alpha value is -2.12. The second-order valence-electron chi connectivity index (χ2n) is 7.22. The minimum atomic E-state index is -0.940. The van der Waals surface area contributed by atoms with E-state index in [1.165, 1.54) is 6.42 Å². The van der Waals surface area contributed by atoms with Gasteiger partial charge in [-0.2, -0.15) is 5.10 Å². The maximum Gasteiger partial charge on any atom is 0.331 e. The summed E-state index contributed by atoms with van der Waals surface area (Å²) in [5.41, 5.74) is -0.940. The highest BCUT2D eigenvalue weighted by molar-refractivity contribution is 5.76. The first kappa shape index (κ1) is 17.3. The number of aromatic nitrogens is 2. The van der Waals surface area contributed by atoms with Crippen LogP contribution in [0, 0.1) is 0 Å². The molecule has 0 aliphatic carbocycles. The lowest BCUT2D eigenvalue weighted by atomic mass is 9.87. The van der Waals surface area contributed by atoms with Gasteiger partial charge in [-0.15, -0.1) is 0 Å². The maximum absolute atomic E-state index is 11.9. The van der Waals surface area contributed by atoms with Crippen molar-refractivity contribution in [1.29, 1.82) is 0 Å². The fourth-order valence-electron chi connectivity index (χ4n) is 3.98. The number of piperidine rings is 1. The molecule has 1 unspecified atom stereocenters. The van der Waals surface area contributed by atoms with Crippen molar-refractivity contribution in [1.82, 2.24) is 14.7 Å². The zero-order chi connectivity index (χ0) is 18.0. The first-order valence-corrected chi connectivity index (χ1v) is 9.33. The lowest BCUT2D eigenvalue weighted by Gasteiger charge is -2.38. The van der Waals surface area contributed by atoms with E-state index < -0.39 is 11.5 Å². The summed E-state index contributed by atoms with van der Waals surface area (Å²) in [5.74, 6) is 1.01. The molecule has 0 aromatic carbocycles. The Morgan fingerprint density at radius 2 is 2.15 bits per heavy atom. The summed E-state index contributed by atoms with van der Waals surface area (Å²) in [6.45, 7) is 2.89. The fraction of sp³-hybridized carbons (Fsp3) is 0.579. The predicted molar refractivity (Wildman–Crippen MR) is 93.6 cm³/mol. The van der Waals surface area contributed by atoms with Crippen LogP contribution in [0.15, 0.2) is 35.0 Å². The van der Waals surface area contributed by atoms with Crippen molar-refractivity contribution in [3.05, 3.63) is 42.1 Å². The number of nitrogens with zero attached hydrogens (tertiary/aromatic N) is 3. The van der Waals surface area contributed by atoms with E-state index >= 15 is 0 Å². The third kappa shape index (κ3) is 3.29. The monoisotopic (exact) mass is 359 g/mol. The topological polar surface area (TPSA) is 80.7 Å². The zero-order valence-electron chi connectivity index (χ0n) is 14.8. The third-order valence-corrected chi connectivity index (χ3v) is 5.58. The largest absolute Gasteiger partial charge is 0.479 e. The molecule has 2 fully saturated rings. The number of carbonyl (C=O) groups is 1. The number of carboxylic acid groups (broad SMARTS) is 1. The third-order valence-electron chi connectivity index (χ3n) is 5.58. The van der Waals surface area contributed by atoms with Gasteiger partial charge in [0, 0.05) is 32.1 Å². The Balaban J connectivity index is 1.38. The van der Waals surface area contributed by atoms with Crippen LogP contribution in [0.25, 0.3) is 0 Å². The van der Waals surface area contributed by atoms with Gasteiger partial charge in [-0.25, -0.2) is 4.79 Å². The predicted octanol–water partition coefficient (Wildman–Crippen LogP) is 2.79. The van der Waals surface area contributed by atoms with Crippen molar-refractivity contribution in [2.75, 3.05) is 19.7 Å². The van der Waals surface area contributed by atoms with E-state index in [9.17, 15) is 9.90 Å². The molecule has 0 amide bonds. The number of carboxylic acids is 1. The van der Waals surface area contributed by atoms with Crippen molar-refractivity contribution in [2.45, 2.75) is 50.3 Å². The normalized spacial score (nSPS) is 23.8. The minimum absolute atomic E-state index is 0.0818. The average molecular weight is 359 g/mol. The van der Waals surface area contributed by atoms with E-state index in [1.807, 2.05) is 12.1 Å². The minimum Gasteiger partial charge on any atom is -0.479 e. The Kier molecular flexibility index (Phi) is 4.82. The Labute approximate surface area is 152 Å². The van der Waals surface area contributed by atoms with Gasteiger partial charge in [-0.1, -0.05) is 0 Å². The molecule has 4 rings (SSSR count). The van der Waals surface area contributed by atoms with Gasteiger partial charge in [0.1, 0.15) is 17.6 Å². The van der Waals surface area contributed by atoms with Crippen LogP contribution in [0.3, 0.4) is 0 Å². The van der Waals surface area contributed by atoms with Crippen LogP contribution in [0.4, 0.5) is 0 Å². The van der Waals surface area contributed by atoms with Crippen molar-refractivity contribution in [2.24, 2.45) is 0 Å². The van der Waals surface area contributed by atoms with Crippen LogP contribution in [-0.2, 0) is 21.6 Å². The van der Waals surface area contributed by atoms with Gasteiger partial charge in [-0.05, 0) is 50.3 Å². The van der Waals surface area contributed by atoms with Gasteiger partial charge in [0.15, 0.2) is 5.54 Å². The molecule has 2 aromatic heterocycles. The number of likely N-dealkylation sites (tertiary alicyclic amines) is 1. The van der Waals surface area contributed by atoms with Crippen LogP contribution in [0.2, 0.25) is 0 Å². The van der Waals surface area contributed by atoms with E-state index in [1.54, 1.807) is 23.1 Å². The smallest absolute Gasteiger partial charge is 0.331 e. The first-order chi connectivity index (χ1) is 12.7. The molecule has 26 heavy (non-hydrogen) atoms. The SMILES string of the molecule is O=C(O)C1(n2cccn2)CCN(Cc2ccc(C3CCCCO3)o2)CC1. The molecular formula is C19H25N3O4. The highest BCUT2D eigenvalue weighted by atomic mass is 16.5. The van der Waals surface area contributed by atoms with Crippen molar-refractivity contribution in [3.63, 3.8) is 0 Å². The van der Waals surface area contributed by atoms with E-state index in [-0.39, 0.29) is 6.10 Å². The van der Waals surface area contributed by atoms with Crippen LogP contribution in [0.5, 0.6) is 0 Å². The highest BCUT2D eigenvalue weighted by Crippen LogP contribution is 2.32. The quantitative estimate of drug-likeness (QED) is 0.884. The van der Waals surface area contributed by atoms with E-state index in [4.69, 9.17) is 9.15 Å². The number of ether oxygens (including phenoxy) is 1. The van der Waals surface area contributed by atoms with Crippen LogP contribution < -0.4 is 0 Å². The molecule has 0 radical (unpaired) electrons. The van der Waals surface area contributed by atoms with Gasteiger partial charge in [0.2, 0.25) is 0 Å². The molecule has 1 atom stereocenters. The number of rotatable bonds is 5. The van der Waals surface area contributed by atoms with Crippen LogP contribution >= 0.6 is 0 Å². The van der Waals surface area contributed by atoms with Gasteiger partial charge in [0.05, 0.1) is 6.54 Å². The molecule has 7 nitrogen and oxygen atoms in total. The van der Waals surface area contributed by atoms with Gasteiger partial charge in [-0.3, -0.25) is 9.58 Å². The molecule has 140 valence electrons. The fourth-order valence-corrected chi connectivity index (χ4v) is 3.98. The zero-order valence-corrected chi connectivity index (χ0v) is 14.8. The van der Waals surface area contributed by atoms with Crippen LogP contribution in [-0.4, -0.2) is 45.5 Å². The van der Waals surface area contributed by atoms with Gasteiger partial charge < -0.3 is 14.3 Å². The molecule has 0 spiro atoms. The number of aliphatic carboxylic acids is 1. The molecule has 7 heteroatoms. The second kappa shape index (κ2) is 7.25. The first-order valence-electron chi connectivity index (χ1n) is 9.33. The molecule has 0 saturated carbocycles. The molecule has 2 aromatic rings. The number of furan rings is 1. The summed E-state index contributed by atoms with van der Waals surface area (Å²) in [6.07, 6.45) is 7.84. The number of hydrogen-bond acceptors (Lipinski definition) is 5. The number of hydrogen-bond donors (Lipinski definition) is 1. The second-order valence-corrected chi connectivity index (χ2v) is 7.22. The van der Waals surface area contributed by atoms with E-state index in [2.05, 4.69) is 10.00 Å². The Bertz CT molecular complexity index is 726. The lowest BCUT2D eigenvalue weighted by molar-refractivity contribution is -0.151. The highest BCUT2D eigenvalue weighted by Gasteiger charge is 2.44. The summed E-state index contributed by atoms with van der Waals surface area (Å²) in [7, 11) is 0. The summed E-state index contributed by atoms with van der Waals surface area (Å²) in [5, 5.41) is 14.0. The van der Waals surface area contributed by atoms with Gasteiger partial charge >= 0.3 is 5.97 Å². The Morgan fingerprint density at radius 3 is 2.81 bits per heavy atom. The molecule has 1 N–H and O–H groups in total. The molecule has 4 heterocycles. The summed E-state index contributed by atoms with van der Waals surface area (Å²) in [4.78, 5) is 14.2. The van der Waals surface area contributed by atoms with Crippen molar-refractivity contribution >= 4 is 5.97 Å².